The van der Waals surface area contributed by atoms with Gasteiger partial charge in [-0.25, -0.2) is 4.98 Å². The van der Waals surface area contributed by atoms with E-state index in [0.717, 1.165) is 24.7 Å². The second-order valence-electron chi connectivity index (χ2n) is 5.36. The van der Waals surface area contributed by atoms with Crippen molar-refractivity contribution in [3.8, 4) is 0 Å². The molecule has 1 saturated heterocycles. The first-order valence-corrected chi connectivity index (χ1v) is 6.73. The third-order valence-corrected chi connectivity index (χ3v) is 3.65. The Bertz CT molecular complexity index is 363. The molecule has 1 aromatic heterocycles. The van der Waals surface area contributed by atoms with E-state index >= 15 is 0 Å². The van der Waals surface area contributed by atoms with Crippen LogP contribution in [0, 0.1) is 5.92 Å². The molecule has 1 aliphatic heterocycles. The number of hydrogen-bond donors (Lipinski definition) is 1. The summed E-state index contributed by atoms with van der Waals surface area (Å²) >= 11 is 0. The maximum Gasteiger partial charge on any atom is 0.128 e. The predicted molar refractivity (Wildman–Crippen MR) is 75.9 cm³/mol. The van der Waals surface area contributed by atoms with E-state index < -0.39 is 0 Å². The van der Waals surface area contributed by atoms with E-state index in [0.29, 0.717) is 6.54 Å². The number of anilines is 1. The van der Waals surface area contributed by atoms with Crippen molar-refractivity contribution in [2.45, 2.75) is 12.8 Å². The Hall–Kier alpha value is -1.13. The number of hydrogen-bond acceptors (Lipinski definition) is 4. The molecule has 1 unspecified atom stereocenters. The summed E-state index contributed by atoms with van der Waals surface area (Å²) in [5.41, 5.74) is 6.76. The molecule has 18 heavy (non-hydrogen) atoms. The van der Waals surface area contributed by atoms with Gasteiger partial charge < -0.3 is 15.5 Å². The fourth-order valence-corrected chi connectivity index (χ4v) is 2.61. The Labute approximate surface area is 110 Å². The number of aromatic nitrogens is 1. The minimum absolute atomic E-state index is 0.686. The fourth-order valence-electron chi connectivity index (χ4n) is 2.61. The molecule has 0 saturated carbocycles. The molecule has 2 heterocycles. The standard InChI is InChI=1S/C14H24N4/c1-17-8-6-13(10-17)11-18(2)14-4-3-12(5-7-15)9-16-14/h3-4,9,13H,5-8,10-11,15H2,1-2H3. The van der Waals surface area contributed by atoms with E-state index in [9.17, 15) is 0 Å². The van der Waals surface area contributed by atoms with Crippen LogP contribution < -0.4 is 10.6 Å². The lowest BCUT2D eigenvalue weighted by Crippen LogP contribution is -2.27. The van der Waals surface area contributed by atoms with Gasteiger partial charge in [-0.05, 0) is 50.5 Å². The topological polar surface area (TPSA) is 45.4 Å². The van der Waals surface area contributed by atoms with Gasteiger partial charge in [0.1, 0.15) is 5.82 Å². The van der Waals surface area contributed by atoms with Gasteiger partial charge in [0.2, 0.25) is 0 Å². The predicted octanol–water partition coefficient (Wildman–Crippen LogP) is 0.971. The Morgan fingerprint density at radius 2 is 2.33 bits per heavy atom. The molecule has 0 aromatic carbocycles. The average molecular weight is 248 g/mol. The first kappa shape index (κ1) is 13.3. The molecule has 0 amide bonds. The summed E-state index contributed by atoms with van der Waals surface area (Å²) in [5, 5.41) is 0. The van der Waals surface area contributed by atoms with Crippen molar-refractivity contribution in [2.24, 2.45) is 11.7 Å². The molecule has 4 nitrogen and oxygen atoms in total. The Balaban J connectivity index is 1.90. The van der Waals surface area contributed by atoms with Gasteiger partial charge in [0.05, 0.1) is 0 Å². The summed E-state index contributed by atoms with van der Waals surface area (Å²) in [6, 6.07) is 4.23. The van der Waals surface area contributed by atoms with Crippen LogP contribution >= 0.6 is 0 Å². The summed E-state index contributed by atoms with van der Waals surface area (Å²) < 4.78 is 0. The van der Waals surface area contributed by atoms with Crippen LogP contribution in [0.2, 0.25) is 0 Å². The maximum absolute atomic E-state index is 5.54. The lowest BCUT2D eigenvalue weighted by atomic mass is 10.1. The minimum Gasteiger partial charge on any atom is -0.359 e. The normalized spacial score (nSPS) is 20.3. The molecular weight excluding hydrogens is 224 g/mol. The van der Waals surface area contributed by atoms with Gasteiger partial charge >= 0.3 is 0 Å². The lowest BCUT2D eigenvalue weighted by Gasteiger charge is -2.22. The molecule has 0 radical (unpaired) electrons. The van der Waals surface area contributed by atoms with Crippen molar-refractivity contribution in [3.05, 3.63) is 23.9 Å². The van der Waals surface area contributed by atoms with Crippen molar-refractivity contribution in [3.63, 3.8) is 0 Å². The Kier molecular flexibility index (Phi) is 4.55. The molecule has 0 spiro atoms. The van der Waals surface area contributed by atoms with Crippen molar-refractivity contribution in [2.75, 3.05) is 45.2 Å². The number of pyridine rings is 1. The van der Waals surface area contributed by atoms with Gasteiger partial charge in [-0.1, -0.05) is 6.07 Å². The summed E-state index contributed by atoms with van der Waals surface area (Å²) in [4.78, 5) is 9.17. The van der Waals surface area contributed by atoms with Crippen LogP contribution in [0.5, 0.6) is 0 Å². The van der Waals surface area contributed by atoms with Gasteiger partial charge in [0, 0.05) is 26.3 Å². The lowest BCUT2D eigenvalue weighted by molar-refractivity contribution is 0.395. The fraction of sp³-hybridized carbons (Fsp3) is 0.643. The van der Waals surface area contributed by atoms with Gasteiger partial charge in [-0.15, -0.1) is 0 Å². The van der Waals surface area contributed by atoms with Crippen LogP contribution in [0.1, 0.15) is 12.0 Å². The highest BCUT2D eigenvalue weighted by atomic mass is 15.2. The zero-order valence-electron chi connectivity index (χ0n) is 11.5. The third kappa shape index (κ3) is 3.43. The first-order valence-electron chi connectivity index (χ1n) is 6.73. The smallest absolute Gasteiger partial charge is 0.128 e. The van der Waals surface area contributed by atoms with Gasteiger partial charge in [-0.3, -0.25) is 0 Å². The third-order valence-electron chi connectivity index (χ3n) is 3.65. The average Bonchev–Trinajstić information content (AvgIpc) is 2.76. The molecule has 0 bridgehead atoms. The van der Waals surface area contributed by atoms with Crippen LogP contribution in [-0.2, 0) is 6.42 Å². The second kappa shape index (κ2) is 6.16. The van der Waals surface area contributed by atoms with E-state index in [1.807, 2.05) is 6.20 Å². The molecule has 0 aliphatic carbocycles. The molecule has 2 rings (SSSR count). The highest BCUT2D eigenvalue weighted by molar-refractivity contribution is 5.38. The first-order chi connectivity index (χ1) is 8.69. The number of likely N-dealkylation sites (tertiary alicyclic amines) is 1. The zero-order valence-corrected chi connectivity index (χ0v) is 11.5. The van der Waals surface area contributed by atoms with Crippen molar-refractivity contribution in [1.82, 2.24) is 9.88 Å². The van der Waals surface area contributed by atoms with Crippen molar-refractivity contribution in [1.29, 1.82) is 0 Å². The van der Waals surface area contributed by atoms with Gasteiger partial charge in [0.15, 0.2) is 0 Å². The molecule has 100 valence electrons. The summed E-state index contributed by atoms with van der Waals surface area (Å²) in [7, 11) is 4.32. The molecule has 4 heteroatoms. The van der Waals surface area contributed by atoms with E-state index in [1.165, 1.54) is 25.1 Å². The molecule has 1 fully saturated rings. The quantitative estimate of drug-likeness (QED) is 0.843. The Morgan fingerprint density at radius 1 is 1.50 bits per heavy atom. The summed E-state index contributed by atoms with van der Waals surface area (Å²) in [6.45, 7) is 4.20. The number of rotatable bonds is 5. The molecular formula is C14H24N4. The minimum atomic E-state index is 0.686. The highest BCUT2D eigenvalue weighted by Gasteiger charge is 2.21. The summed E-state index contributed by atoms with van der Waals surface area (Å²) in [6.07, 6.45) is 4.15. The molecule has 1 atom stereocenters. The van der Waals surface area contributed by atoms with E-state index in [1.54, 1.807) is 0 Å². The highest BCUT2D eigenvalue weighted by Crippen LogP contribution is 2.18. The second-order valence-corrected chi connectivity index (χ2v) is 5.36. The van der Waals surface area contributed by atoms with Crippen molar-refractivity contribution >= 4 is 5.82 Å². The van der Waals surface area contributed by atoms with E-state index in [-0.39, 0.29) is 0 Å². The van der Waals surface area contributed by atoms with Crippen LogP contribution in [0.15, 0.2) is 18.3 Å². The van der Waals surface area contributed by atoms with Crippen LogP contribution in [0.4, 0.5) is 5.82 Å². The van der Waals surface area contributed by atoms with Crippen molar-refractivity contribution < 1.29 is 0 Å². The number of nitrogens with two attached hydrogens (primary N) is 1. The Morgan fingerprint density at radius 3 is 2.89 bits per heavy atom. The molecule has 1 aliphatic rings. The summed E-state index contributed by atoms with van der Waals surface area (Å²) in [5.74, 6) is 1.83. The van der Waals surface area contributed by atoms with Gasteiger partial charge in [0.25, 0.3) is 0 Å². The molecule has 1 aromatic rings. The van der Waals surface area contributed by atoms with E-state index in [2.05, 4.69) is 41.0 Å². The monoisotopic (exact) mass is 248 g/mol. The molecule has 2 N–H and O–H groups in total. The van der Waals surface area contributed by atoms with E-state index in [4.69, 9.17) is 5.73 Å². The zero-order chi connectivity index (χ0) is 13.0. The maximum atomic E-state index is 5.54. The number of nitrogens with zero attached hydrogens (tertiary/aromatic N) is 3. The van der Waals surface area contributed by atoms with Gasteiger partial charge in [-0.2, -0.15) is 0 Å². The SMILES string of the molecule is CN1CCC(CN(C)c2ccc(CCN)cn2)C1. The van der Waals surface area contributed by atoms with Crippen LogP contribution in [0.3, 0.4) is 0 Å². The largest absolute Gasteiger partial charge is 0.359 e. The van der Waals surface area contributed by atoms with Crippen LogP contribution in [0.25, 0.3) is 0 Å². The van der Waals surface area contributed by atoms with Crippen LogP contribution in [-0.4, -0.2) is 50.2 Å².